The molecule has 2 atom stereocenters. The molecule has 0 aliphatic heterocycles. The summed E-state index contributed by atoms with van der Waals surface area (Å²) < 4.78 is 26.3. The first-order valence-electron chi connectivity index (χ1n) is 7.21. The van der Waals surface area contributed by atoms with Crippen molar-refractivity contribution >= 4 is 0 Å². The normalized spacial score (nSPS) is 13.9. The summed E-state index contributed by atoms with van der Waals surface area (Å²) in [4.78, 5) is 0. The number of rotatable bonds is 6. The van der Waals surface area contributed by atoms with Crippen LogP contribution in [-0.2, 0) is 12.8 Å². The van der Waals surface area contributed by atoms with Crippen molar-refractivity contribution < 1.29 is 13.9 Å². The molecule has 1 nitrogen and oxygen atoms in total. The minimum Gasteiger partial charge on any atom is -0.393 e. The average Bonchev–Trinajstić information content (AvgIpc) is 2.44. The van der Waals surface area contributed by atoms with Crippen LogP contribution in [0.25, 0.3) is 0 Å². The second-order valence-corrected chi connectivity index (χ2v) is 5.55. The zero-order chi connectivity index (χ0) is 15.2. The molecule has 0 radical (unpaired) electrons. The van der Waals surface area contributed by atoms with Gasteiger partial charge < -0.3 is 5.11 Å². The molecule has 2 aromatic carbocycles. The van der Waals surface area contributed by atoms with E-state index in [-0.39, 0.29) is 5.92 Å². The van der Waals surface area contributed by atoms with Crippen molar-refractivity contribution in [2.24, 2.45) is 5.92 Å². The van der Waals surface area contributed by atoms with Gasteiger partial charge in [-0.3, -0.25) is 0 Å². The number of aryl methyl sites for hydroxylation is 1. The monoisotopic (exact) mass is 290 g/mol. The first kappa shape index (κ1) is 15.6. The second kappa shape index (κ2) is 7.32. The van der Waals surface area contributed by atoms with Crippen LogP contribution in [0.2, 0.25) is 0 Å². The highest BCUT2D eigenvalue weighted by atomic mass is 19.1. The summed E-state index contributed by atoms with van der Waals surface area (Å²) >= 11 is 0. The third-order valence-electron chi connectivity index (χ3n) is 3.71. The summed E-state index contributed by atoms with van der Waals surface area (Å²) in [5.41, 5.74) is 1.76. The zero-order valence-electron chi connectivity index (χ0n) is 12.1. The van der Waals surface area contributed by atoms with Crippen molar-refractivity contribution in [2.45, 2.75) is 32.3 Å². The molecular weight excluding hydrogens is 270 g/mol. The fraction of sp³-hybridized carbons (Fsp3) is 0.333. The first-order valence-corrected chi connectivity index (χ1v) is 7.21. The Morgan fingerprint density at radius 1 is 0.952 bits per heavy atom. The third-order valence-corrected chi connectivity index (χ3v) is 3.71. The van der Waals surface area contributed by atoms with E-state index in [1.165, 1.54) is 17.7 Å². The van der Waals surface area contributed by atoms with E-state index in [0.717, 1.165) is 12.5 Å². The smallest absolute Gasteiger partial charge is 0.126 e. The molecular formula is C18H20F2O. The van der Waals surface area contributed by atoms with Crippen LogP contribution in [-0.4, -0.2) is 11.2 Å². The van der Waals surface area contributed by atoms with Gasteiger partial charge in [-0.15, -0.1) is 0 Å². The van der Waals surface area contributed by atoms with E-state index in [0.29, 0.717) is 18.4 Å². The van der Waals surface area contributed by atoms with Gasteiger partial charge in [-0.05, 0) is 48.4 Å². The Kier molecular flexibility index (Phi) is 5.45. The van der Waals surface area contributed by atoms with Crippen molar-refractivity contribution in [1.29, 1.82) is 0 Å². The molecule has 0 saturated heterocycles. The lowest BCUT2D eigenvalue weighted by molar-refractivity contribution is 0.108. The van der Waals surface area contributed by atoms with Gasteiger partial charge in [0.15, 0.2) is 0 Å². The highest BCUT2D eigenvalue weighted by molar-refractivity contribution is 5.19. The molecule has 2 rings (SSSR count). The second-order valence-electron chi connectivity index (χ2n) is 5.55. The quantitative estimate of drug-likeness (QED) is 0.848. The van der Waals surface area contributed by atoms with Gasteiger partial charge in [0.1, 0.15) is 11.6 Å². The van der Waals surface area contributed by atoms with Crippen molar-refractivity contribution in [3.63, 3.8) is 0 Å². The topological polar surface area (TPSA) is 20.2 Å². The first-order chi connectivity index (χ1) is 10.0. The Morgan fingerprint density at radius 3 is 2.19 bits per heavy atom. The fourth-order valence-electron chi connectivity index (χ4n) is 2.48. The van der Waals surface area contributed by atoms with Crippen LogP contribution in [0.4, 0.5) is 8.78 Å². The van der Waals surface area contributed by atoms with Gasteiger partial charge in [0.25, 0.3) is 0 Å². The molecule has 0 aromatic heterocycles. The number of aliphatic hydroxyl groups is 1. The van der Waals surface area contributed by atoms with E-state index >= 15 is 0 Å². The van der Waals surface area contributed by atoms with E-state index in [1.807, 2.05) is 37.3 Å². The van der Waals surface area contributed by atoms with Crippen LogP contribution in [0, 0.1) is 17.6 Å². The van der Waals surface area contributed by atoms with Crippen LogP contribution in [0.15, 0.2) is 48.5 Å². The van der Waals surface area contributed by atoms with Gasteiger partial charge in [-0.25, -0.2) is 8.78 Å². The molecule has 0 aliphatic rings. The highest BCUT2D eigenvalue weighted by Crippen LogP contribution is 2.18. The van der Waals surface area contributed by atoms with Gasteiger partial charge >= 0.3 is 0 Å². The molecule has 0 aliphatic carbocycles. The predicted octanol–water partition coefficient (Wildman–Crippen LogP) is 4.14. The maximum absolute atomic E-state index is 13.1. The van der Waals surface area contributed by atoms with Crippen molar-refractivity contribution in [3.05, 3.63) is 71.3 Å². The molecule has 0 amide bonds. The van der Waals surface area contributed by atoms with E-state index < -0.39 is 17.7 Å². The molecule has 112 valence electrons. The lowest BCUT2D eigenvalue weighted by Gasteiger charge is -2.19. The molecule has 0 bridgehead atoms. The molecule has 0 heterocycles. The predicted molar refractivity (Wildman–Crippen MR) is 80.0 cm³/mol. The number of hydrogen-bond acceptors (Lipinski definition) is 1. The highest BCUT2D eigenvalue weighted by Gasteiger charge is 2.15. The summed E-state index contributed by atoms with van der Waals surface area (Å²) in [5, 5.41) is 10.2. The van der Waals surface area contributed by atoms with Crippen LogP contribution < -0.4 is 0 Å². The lowest BCUT2D eigenvalue weighted by atomic mass is 9.92. The van der Waals surface area contributed by atoms with Crippen molar-refractivity contribution in [2.75, 3.05) is 0 Å². The van der Waals surface area contributed by atoms with E-state index in [1.54, 1.807) is 0 Å². The lowest BCUT2D eigenvalue weighted by Crippen LogP contribution is -2.20. The Bertz CT molecular complexity index is 548. The largest absolute Gasteiger partial charge is 0.393 e. The molecule has 3 heteroatoms. The number of aliphatic hydroxyl groups excluding tert-OH is 1. The van der Waals surface area contributed by atoms with Crippen LogP contribution in [0.1, 0.15) is 24.5 Å². The third kappa shape index (κ3) is 4.94. The Hall–Kier alpha value is -1.74. The number of hydrogen-bond donors (Lipinski definition) is 1. The minimum absolute atomic E-state index is 0.0464. The Morgan fingerprint density at radius 2 is 1.57 bits per heavy atom. The Balaban J connectivity index is 1.88. The fourth-order valence-corrected chi connectivity index (χ4v) is 2.48. The molecule has 2 aromatic rings. The van der Waals surface area contributed by atoms with Gasteiger partial charge in [0, 0.05) is 6.07 Å². The summed E-state index contributed by atoms with van der Waals surface area (Å²) in [7, 11) is 0. The van der Waals surface area contributed by atoms with Crippen molar-refractivity contribution in [1.82, 2.24) is 0 Å². The van der Waals surface area contributed by atoms with Crippen LogP contribution >= 0.6 is 0 Å². The van der Waals surface area contributed by atoms with Crippen LogP contribution in [0.5, 0.6) is 0 Å². The standard InChI is InChI=1S/C18H20F2O/c1-13(9-15-10-16(19)12-17(20)11-15)18(21)8-7-14-5-3-2-4-6-14/h2-6,10-13,18,21H,7-9H2,1H3. The van der Waals surface area contributed by atoms with E-state index in [2.05, 4.69) is 0 Å². The summed E-state index contributed by atoms with van der Waals surface area (Å²) in [5.74, 6) is -1.19. The summed E-state index contributed by atoms with van der Waals surface area (Å²) in [6, 6.07) is 13.5. The Labute approximate surface area is 124 Å². The van der Waals surface area contributed by atoms with Gasteiger partial charge in [0.2, 0.25) is 0 Å². The van der Waals surface area contributed by atoms with Gasteiger partial charge in [-0.2, -0.15) is 0 Å². The maximum atomic E-state index is 13.1. The molecule has 2 unspecified atom stereocenters. The van der Waals surface area contributed by atoms with Gasteiger partial charge in [0.05, 0.1) is 6.10 Å². The zero-order valence-corrected chi connectivity index (χ0v) is 12.1. The molecule has 21 heavy (non-hydrogen) atoms. The summed E-state index contributed by atoms with van der Waals surface area (Å²) in [6.07, 6.45) is 1.41. The van der Waals surface area contributed by atoms with Crippen molar-refractivity contribution in [3.8, 4) is 0 Å². The maximum Gasteiger partial charge on any atom is 0.126 e. The average molecular weight is 290 g/mol. The molecule has 1 N–H and O–H groups in total. The SMILES string of the molecule is CC(Cc1cc(F)cc(F)c1)C(O)CCc1ccccc1. The number of benzene rings is 2. The number of halogens is 2. The minimum atomic E-state index is -0.573. The molecule has 0 fully saturated rings. The molecule has 0 saturated carbocycles. The van der Waals surface area contributed by atoms with E-state index in [4.69, 9.17) is 0 Å². The molecule has 0 spiro atoms. The summed E-state index contributed by atoms with van der Waals surface area (Å²) in [6.45, 7) is 1.90. The van der Waals surface area contributed by atoms with Gasteiger partial charge in [-0.1, -0.05) is 37.3 Å². The van der Waals surface area contributed by atoms with Crippen LogP contribution in [0.3, 0.4) is 0 Å². The van der Waals surface area contributed by atoms with E-state index in [9.17, 15) is 13.9 Å².